The molecule has 4 nitrogen and oxygen atoms in total. The van der Waals surface area contributed by atoms with Crippen molar-refractivity contribution >= 4 is 38.0 Å². The minimum absolute atomic E-state index is 0.178. The average Bonchev–Trinajstić information content (AvgIpc) is 2.22. The van der Waals surface area contributed by atoms with Crippen LogP contribution in [0.1, 0.15) is 22.1 Å². The molecule has 0 aliphatic carbocycles. The molecule has 0 saturated heterocycles. The van der Waals surface area contributed by atoms with Gasteiger partial charge in [-0.2, -0.15) is 0 Å². The fraction of sp³-hybridized carbons (Fsp3) is 0.500. The van der Waals surface area contributed by atoms with Crippen molar-refractivity contribution in [3.05, 3.63) is 15.5 Å². The van der Waals surface area contributed by atoms with Gasteiger partial charge in [-0.05, 0) is 52.6 Å². The summed E-state index contributed by atoms with van der Waals surface area (Å²) in [4.78, 5) is 15.4. The van der Waals surface area contributed by atoms with E-state index in [4.69, 9.17) is 6.11 Å². The summed E-state index contributed by atoms with van der Waals surface area (Å²) in [5.74, 6) is 0. The average molecular weight is 327 g/mol. The van der Waals surface area contributed by atoms with E-state index < -0.39 is 11.7 Å². The van der Waals surface area contributed by atoms with Crippen molar-refractivity contribution in [1.82, 2.24) is 9.55 Å². The maximum atomic E-state index is 11.6. The van der Waals surface area contributed by atoms with E-state index >= 15 is 0 Å². The third-order valence-corrected chi connectivity index (χ3v) is 3.01. The second-order valence-electron chi connectivity index (χ2n) is 3.61. The lowest BCUT2D eigenvalue weighted by Crippen LogP contribution is -2.26. The Labute approximate surface area is 100 Å². The van der Waals surface area contributed by atoms with E-state index in [1.807, 2.05) is 0 Å². The highest BCUT2D eigenvalue weighted by Gasteiger charge is 2.20. The molecule has 0 fully saturated rings. The molecule has 0 N–H and O–H groups in total. The zero-order chi connectivity index (χ0) is 11.8. The Morgan fingerprint density at radius 2 is 2.21 bits per heavy atom. The first kappa shape index (κ1) is 10.2. The van der Waals surface area contributed by atoms with Gasteiger partial charge in [-0.25, -0.2) is 14.3 Å². The third-order valence-electron chi connectivity index (χ3n) is 1.19. The fourth-order valence-corrected chi connectivity index (χ4v) is 1.27. The summed E-state index contributed by atoms with van der Waals surface area (Å²) in [6, 6.07) is 0. The van der Waals surface area contributed by atoms with Crippen molar-refractivity contribution in [1.29, 1.82) is 0 Å². The van der Waals surface area contributed by atoms with Gasteiger partial charge in [0.05, 0.1) is 0 Å². The molecule has 0 atom stereocenters. The Balaban J connectivity index is 3.02. The molecule has 0 bridgehead atoms. The fourth-order valence-electron chi connectivity index (χ4n) is 0.705. The summed E-state index contributed by atoms with van der Waals surface area (Å²) >= 11 is 6.25. The normalized spacial score (nSPS) is 12.5. The van der Waals surface area contributed by atoms with Gasteiger partial charge in [0, 0.05) is 0 Å². The zero-order valence-electron chi connectivity index (χ0n) is 8.97. The van der Waals surface area contributed by atoms with E-state index in [1.165, 1.54) is 0 Å². The first-order chi connectivity index (χ1) is 6.72. The number of halogens is 2. The summed E-state index contributed by atoms with van der Waals surface area (Å²) in [5, 5.41) is 0. The Hall–Kier alpha value is -0.360. The summed E-state index contributed by atoms with van der Waals surface area (Å²) in [5.41, 5.74) is -0.598. The van der Waals surface area contributed by atoms with Gasteiger partial charge in [0.15, 0.2) is 0 Å². The van der Waals surface area contributed by atoms with Crippen LogP contribution >= 0.6 is 31.9 Å². The molecule has 0 unspecified atom stereocenters. The van der Waals surface area contributed by atoms with E-state index in [9.17, 15) is 4.79 Å². The van der Waals surface area contributed by atoms with Crippen LogP contribution in [-0.4, -0.2) is 21.2 Å². The van der Waals surface area contributed by atoms with Gasteiger partial charge in [0.1, 0.15) is 22.5 Å². The van der Waals surface area contributed by atoms with Crippen molar-refractivity contribution in [2.75, 3.05) is 0 Å². The van der Waals surface area contributed by atoms with Crippen molar-refractivity contribution in [3.8, 4) is 0 Å². The van der Waals surface area contributed by atoms with Crippen molar-refractivity contribution in [3.63, 3.8) is 0 Å². The molecule has 0 radical (unpaired) electrons. The number of ether oxygens (including phenoxy) is 1. The number of hydrogen-bond acceptors (Lipinski definition) is 3. The molecule has 1 aromatic rings. The maximum absolute atomic E-state index is 11.6. The lowest BCUT2D eigenvalue weighted by molar-refractivity contribution is 0.0533. The summed E-state index contributed by atoms with van der Waals surface area (Å²) in [6.45, 7) is 5.27. The number of nitrogens with zero attached hydrogens (tertiary/aromatic N) is 2. The Morgan fingerprint density at radius 3 is 2.57 bits per heavy atom. The van der Waals surface area contributed by atoms with Crippen molar-refractivity contribution in [2.45, 2.75) is 26.4 Å². The Kier molecular flexibility index (Phi) is 2.92. The number of rotatable bonds is 0. The third kappa shape index (κ3) is 2.81. The molecule has 0 aromatic carbocycles. The van der Waals surface area contributed by atoms with E-state index in [0.717, 1.165) is 4.57 Å². The highest BCUT2D eigenvalue weighted by atomic mass is 79.9. The second kappa shape index (κ2) is 4.02. The van der Waals surface area contributed by atoms with Gasteiger partial charge >= 0.3 is 6.09 Å². The number of imidazole rings is 1. The quantitative estimate of drug-likeness (QED) is 0.735. The topological polar surface area (TPSA) is 44.1 Å². The molecule has 0 saturated carbocycles. The van der Waals surface area contributed by atoms with Gasteiger partial charge in [0.2, 0.25) is 0 Å². The van der Waals surface area contributed by atoms with E-state index in [1.54, 1.807) is 20.8 Å². The molecule has 1 heterocycles. The molecule has 0 spiro atoms. The molecular weight excluding hydrogens is 316 g/mol. The lowest BCUT2D eigenvalue weighted by atomic mass is 10.2. The molecule has 0 aliphatic heterocycles. The highest BCUT2D eigenvalue weighted by molar-refractivity contribution is 9.13. The van der Waals surface area contributed by atoms with Crippen LogP contribution in [0.2, 0.25) is 0 Å². The predicted molar refractivity (Wildman–Crippen MR) is 59.3 cm³/mol. The summed E-state index contributed by atoms with van der Waals surface area (Å²) < 4.78 is 14.4. The number of hydrogen-bond donors (Lipinski definition) is 0. The van der Waals surface area contributed by atoms with E-state index in [-0.39, 0.29) is 6.30 Å². The zero-order valence-corrected chi connectivity index (χ0v) is 11.1. The Bertz CT molecular complexity index is 398. The van der Waals surface area contributed by atoms with Crippen LogP contribution < -0.4 is 0 Å². The summed E-state index contributed by atoms with van der Waals surface area (Å²) in [7, 11) is 0. The number of carbonyl (C=O) groups is 1. The molecule has 1 aromatic heterocycles. The minimum atomic E-state index is -0.627. The van der Waals surface area contributed by atoms with Crippen LogP contribution in [-0.2, 0) is 4.74 Å². The van der Waals surface area contributed by atoms with Crippen LogP contribution in [0.3, 0.4) is 0 Å². The SMILES string of the molecule is [2H]c1nc(Br)c(Br)n1C(=O)OC(C)(C)C. The smallest absolute Gasteiger partial charge is 0.420 e. The van der Waals surface area contributed by atoms with Crippen LogP contribution in [0.5, 0.6) is 0 Å². The predicted octanol–water partition coefficient (Wildman–Crippen LogP) is 3.19. The molecule has 78 valence electrons. The second-order valence-corrected chi connectivity index (χ2v) is 5.11. The molecular formula is C8H10Br2N2O2. The first-order valence-corrected chi connectivity index (χ1v) is 5.44. The van der Waals surface area contributed by atoms with E-state index in [2.05, 4.69) is 36.8 Å². The highest BCUT2D eigenvalue weighted by Crippen LogP contribution is 2.22. The first-order valence-electron chi connectivity index (χ1n) is 4.36. The summed E-state index contributed by atoms with van der Waals surface area (Å²) in [6.07, 6.45) is -0.805. The minimum Gasteiger partial charge on any atom is -0.443 e. The lowest BCUT2D eigenvalue weighted by Gasteiger charge is -2.19. The van der Waals surface area contributed by atoms with Crippen LogP contribution in [0.25, 0.3) is 0 Å². The van der Waals surface area contributed by atoms with Gasteiger partial charge < -0.3 is 4.74 Å². The van der Waals surface area contributed by atoms with Gasteiger partial charge in [-0.1, -0.05) is 0 Å². The molecule has 0 amide bonds. The number of carbonyl (C=O) groups excluding carboxylic acids is 1. The van der Waals surface area contributed by atoms with Crippen LogP contribution in [0.4, 0.5) is 4.79 Å². The van der Waals surface area contributed by atoms with Gasteiger partial charge in [-0.3, -0.25) is 0 Å². The standard InChI is InChI=1S/C8H10Br2N2O2/c1-8(2,3)14-7(13)12-4-11-5(9)6(12)10/h4H,1-3H3/i4D. The number of aromatic nitrogens is 2. The molecule has 0 aliphatic rings. The van der Waals surface area contributed by atoms with Gasteiger partial charge in [0.25, 0.3) is 0 Å². The molecule has 1 rings (SSSR count). The van der Waals surface area contributed by atoms with Crippen LogP contribution in [0, 0.1) is 0 Å². The monoisotopic (exact) mass is 325 g/mol. The van der Waals surface area contributed by atoms with Crippen LogP contribution in [0.15, 0.2) is 15.5 Å². The van der Waals surface area contributed by atoms with Crippen molar-refractivity contribution < 1.29 is 10.9 Å². The van der Waals surface area contributed by atoms with Gasteiger partial charge in [-0.15, -0.1) is 0 Å². The maximum Gasteiger partial charge on any atom is 0.420 e. The molecule has 6 heteroatoms. The van der Waals surface area contributed by atoms with Crippen molar-refractivity contribution in [2.24, 2.45) is 0 Å². The van der Waals surface area contributed by atoms with E-state index in [0.29, 0.717) is 9.21 Å². The Morgan fingerprint density at radius 1 is 1.64 bits per heavy atom. The molecule has 14 heavy (non-hydrogen) atoms. The largest absolute Gasteiger partial charge is 0.443 e.